The molecule has 2 aliphatic heterocycles. The zero-order valence-corrected chi connectivity index (χ0v) is 15.1. The van der Waals surface area contributed by atoms with Gasteiger partial charge in [-0.3, -0.25) is 4.79 Å². The largest absolute Gasteiger partial charge is 0.484 e. The van der Waals surface area contributed by atoms with E-state index in [1.807, 2.05) is 18.2 Å². The second-order valence-electron chi connectivity index (χ2n) is 6.96. The Balaban J connectivity index is 1.62. The van der Waals surface area contributed by atoms with E-state index in [0.29, 0.717) is 38.3 Å². The number of nitrogens with zero attached hydrogens (tertiary/aromatic N) is 2. The maximum absolute atomic E-state index is 12.4. The van der Waals surface area contributed by atoms with Gasteiger partial charge in [-0.2, -0.15) is 0 Å². The van der Waals surface area contributed by atoms with Gasteiger partial charge in [-0.05, 0) is 24.5 Å². The highest BCUT2D eigenvalue weighted by atomic mass is 32.2. The third-order valence-corrected chi connectivity index (χ3v) is 6.56. The number of carbonyl (C=O) groups is 1. The lowest BCUT2D eigenvalue weighted by Crippen LogP contribution is -2.51. The third-order valence-electron chi connectivity index (χ3n) is 5.34. The lowest BCUT2D eigenvalue weighted by molar-refractivity contribution is -0.137. The number of hydrogen-bond acceptors (Lipinski definition) is 5. The molecular weight excluding hydrogens is 344 g/mol. The smallest absolute Gasteiger partial charge is 0.260 e. The molecule has 2 fully saturated rings. The number of benzene rings is 1. The van der Waals surface area contributed by atoms with Gasteiger partial charge in [0.05, 0.1) is 12.9 Å². The van der Waals surface area contributed by atoms with Crippen LogP contribution in [0, 0.1) is 11.3 Å². The van der Waals surface area contributed by atoms with Crippen LogP contribution < -0.4 is 4.74 Å². The van der Waals surface area contributed by atoms with Gasteiger partial charge in [-0.25, -0.2) is 12.7 Å². The Morgan fingerprint density at radius 3 is 2.68 bits per heavy atom. The highest BCUT2D eigenvalue weighted by molar-refractivity contribution is 7.88. The van der Waals surface area contributed by atoms with Crippen LogP contribution in [0.1, 0.15) is 6.42 Å². The SMILES string of the molecule is CS(=O)(=O)N1C[C@H]2CN(C(=O)COc3ccccc3)CC[C@@]2(CO)C1. The van der Waals surface area contributed by atoms with Gasteiger partial charge in [0.1, 0.15) is 5.75 Å². The van der Waals surface area contributed by atoms with Crippen molar-refractivity contribution in [3.63, 3.8) is 0 Å². The van der Waals surface area contributed by atoms with Crippen LogP contribution in [-0.2, 0) is 14.8 Å². The molecule has 2 heterocycles. The van der Waals surface area contributed by atoms with E-state index in [-0.39, 0.29) is 25.0 Å². The molecule has 2 saturated heterocycles. The molecule has 0 bridgehead atoms. The van der Waals surface area contributed by atoms with Gasteiger partial charge in [0.25, 0.3) is 5.91 Å². The first-order chi connectivity index (χ1) is 11.8. The Bertz CT molecular complexity index is 724. The van der Waals surface area contributed by atoms with Gasteiger partial charge in [0.15, 0.2) is 6.61 Å². The molecule has 7 nitrogen and oxygen atoms in total. The van der Waals surface area contributed by atoms with Crippen molar-refractivity contribution >= 4 is 15.9 Å². The molecule has 138 valence electrons. The Hall–Kier alpha value is -1.64. The van der Waals surface area contributed by atoms with Gasteiger partial charge in [0.2, 0.25) is 10.0 Å². The molecule has 3 rings (SSSR count). The third kappa shape index (κ3) is 3.80. The minimum absolute atomic E-state index is 0.0430. The van der Waals surface area contributed by atoms with E-state index >= 15 is 0 Å². The Morgan fingerprint density at radius 1 is 1.32 bits per heavy atom. The minimum atomic E-state index is -3.30. The van der Waals surface area contributed by atoms with E-state index in [0.717, 1.165) is 0 Å². The van der Waals surface area contributed by atoms with Crippen LogP contribution in [-0.4, -0.2) is 74.3 Å². The fourth-order valence-electron chi connectivity index (χ4n) is 3.72. The molecular formula is C17H24N2O5S. The van der Waals surface area contributed by atoms with Crippen molar-refractivity contribution in [3.8, 4) is 5.75 Å². The van der Waals surface area contributed by atoms with Gasteiger partial charge < -0.3 is 14.7 Å². The summed E-state index contributed by atoms with van der Waals surface area (Å²) in [6.45, 7) is 1.53. The molecule has 0 spiro atoms. The molecule has 1 aromatic carbocycles. The summed E-state index contributed by atoms with van der Waals surface area (Å²) in [7, 11) is -3.30. The number of aliphatic hydroxyl groups excluding tert-OH is 1. The van der Waals surface area contributed by atoms with Crippen LogP contribution in [0.5, 0.6) is 5.75 Å². The molecule has 8 heteroatoms. The zero-order chi connectivity index (χ0) is 18.1. The molecule has 0 saturated carbocycles. The van der Waals surface area contributed by atoms with Crippen molar-refractivity contribution in [2.75, 3.05) is 45.6 Å². The quantitative estimate of drug-likeness (QED) is 0.800. The molecule has 25 heavy (non-hydrogen) atoms. The van der Waals surface area contributed by atoms with Crippen LogP contribution in [0.4, 0.5) is 0 Å². The number of carbonyl (C=O) groups excluding carboxylic acids is 1. The average Bonchev–Trinajstić information content (AvgIpc) is 3.00. The number of rotatable bonds is 5. The number of piperidine rings is 1. The first-order valence-electron chi connectivity index (χ1n) is 8.36. The minimum Gasteiger partial charge on any atom is -0.484 e. The predicted molar refractivity (Wildman–Crippen MR) is 92.6 cm³/mol. The summed E-state index contributed by atoms with van der Waals surface area (Å²) in [4.78, 5) is 14.2. The van der Waals surface area contributed by atoms with E-state index in [2.05, 4.69) is 0 Å². The molecule has 1 amide bonds. The summed E-state index contributed by atoms with van der Waals surface area (Å²) in [6.07, 6.45) is 1.78. The number of likely N-dealkylation sites (tertiary alicyclic amines) is 1. The Labute approximate surface area is 148 Å². The number of aliphatic hydroxyl groups is 1. The summed E-state index contributed by atoms with van der Waals surface area (Å²) in [5.41, 5.74) is -0.444. The monoisotopic (exact) mass is 368 g/mol. The fraction of sp³-hybridized carbons (Fsp3) is 0.588. The molecule has 0 aromatic heterocycles. The highest BCUT2D eigenvalue weighted by Crippen LogP contribution is 2.43. The van der Waals surface area contributed by atoms with Crippen LogP contribution in [0.25, 0.3) is 0 Å². The number of sulfonamides is 1. The summed E-state index contributed by atoms with van der Waals surface area (Å²) >= 11 is 0. The van der Waals surface area contributed by atoms with Crippen LogP contribution >= 0.6 is 0 Å². The average molecular weight is 368 g/mol. The van der Waals surface area contributed by atoms with E-state index in [1.54, 1.807) is 17.0 Å². The number of hydrogen-bond donors (Lipinski definition) is 1. The van der Waals surface area contributed by atoms with Crippen molar-refractivity contribution in [1.82, 2.24) is 9.21 Å². The molecule has 2 aliphatic rings. The summed E-state index contributed by atoms with van der Waals surface area (Å²) < 4.78 is 30.6. The number of fused-ring (bicyclic) bond motifs is 1. The Kier molecular flexibility index (Phi) is 5.04. The molecule has 0 unspecified atom stereocenters. The maximum Gasteiger partial charge on any atom is 0.260 e. The Morgan fingerprint density at radius 2 is 2.04 bits per heavy atom. The van der Waals surface area contributed by atoms with Crippen molar-refractivity contribution in [2.45, 2.75) is 6.42 Å². The van der Waals surface area contributed by atoms with Crippen LogP contribution in [0.3, 0.4) is 0 Å². The van der Waals surface area contributed by atoms with Crippen LogP contribution in [0.2, 0.25) is 0 Å². The molecule has 2 atom stereocenters. The van der Waals surface area contributed by atoms with Gasteiger partial charge in [0, 0.05) is 31.6 Å². The maximum atomic E-state index is 12.4. The molecule has 0 radical (unpaired) electrons. The van der Waals surface area contributed by atoms with E-state index in [4.69, 9.17) is 4.74 Å². The van der Waals surface area contributed by atoms with Crippen molar-refractivity contribution in [1.29, 1.82) is 0 Å². The lowest BCUT2D eigenvalue weighted by atomic mass is 9.73. The lowest BCUT2D eigenvalue weighted by Gasteiger charge is -2.42. The van der Waals surface area contributed by atoms with Gasteiger partial charge in [-0.15, -0.1) is 0 Å². The first kappa shape index (κ1) is 18.2. The number of ether oxygens (including phenoxy) is 1. The number of amides is 1. The van der Waals surface area contributed by atoms with E-state index < -0.39 is 15.4 Å². The van der Waals surface area contributed by atoms with Gasteiger partial charge >= 0.3 is 0 Å². The predicted octanol–water partition coefficient (Wildman–Crippen LogP) is 0.168. The van der Waals surface area contributed by atoms with E-state index in [1.165, 1.54) is 10.6 Å². The van der Waals surface area contributed by atoms with Gasteiger partial charge in [-0.1, -0.05) is 18.2 Å². The second-order valence-corrected chi connectivity index (χ2v) is 8.95. The topological polar surface area (TPSA) is 87.2 Å². The second kappa shape index (κ2) is 6.93. The van der Waals surface area contributed by atoms with Crippen molar-refractivity contribution in [2.24, 2.45) is 11.3 Å². The van der Waals surface area contributed by atoms with Crippen molar-refractivity contribution in [3.05, 3.63) is 30.3 Å². The first-order valence-corrected chi connectivity index (χ1v) is 10.2. The normalized spacial score (nSPS) is 27.1. The number of para-hydroxylation sites is 1. The van der Waals surface area contributed by atoms with E-state index in [9.17, 15) is 18.3 Å². The highest BCUT2D eigenvalue weighted by Gasteiger charge is 2.51. The molecule has 1 N–H and O–H groups in total. The van der Waals surface area contributed by atoms with Crippen molar-refractivity contribution < 1.29 is 23.1 Å². The fourth-order valence-corrected chi connectivity index (χ4v) is 4.67. The summed E-state index contributed by atoms with van der Waals surface area (Å²) in [6, 6.07) is 9.15. The van der Waals surface area contributed by atoms with Crippen LogP contribution in [0.15, 0.2) is 30.3 Å². The molecule has 1 aromatic rings. The summed E-state index contributed by atoms with van der Waals surface area (Å²) in [5, 5.41) is 9.86. The summed E-state index contributed by atoms with van der Waals surface area (Å²) in [5.74, 6) is 0.469. The zero-order valence-electron chi connectivity index (χ0n) is 14.3. The molecule has 0 aliphatic carbocycles. The standard InChI is InChI=1S/C17H24N2O5S/c1-25(22,23)19-10-14-9-18(8-7-17(14,12-19)13-20)16(21)11-24-15-5-3-2-4-6-15/h2-6,14,20H,7-13H2,1H3/t14-,17+/m1/s1.